The Morgan fingerprint density at radius 1 is 1.58 bits per heavy atom. The number of halogens is 2. The molecule has 0 aromatic heterocycles. The van der Waals surface area contributed by atoms with Crippen LogP contribution in [0, 0.1) is 5.82 Å². The van der Waals surface area contributed by atoms with Gasteiger partial charge in [0, 0.05) is 30.2 Å². The van der Waals surface area contributed by atoms with E-state index >= 15 is 0 Å². The molecule has 1 saturated heterocycles. The summed E-state index contributed by atoms with van der Waals surface area (Å²) in [5, 5.41) is 0.537. The van der Waals surface area contributed by atoms with E-state index in [0.717, 1.165) is 19.5 Å². The van der Waals surface area contributed by atoms with E-state index in [9.17, 15) is 4.39 Å². The predicted octanol–water partition coefficient (Wildman–Crippen LogP) is 2.59. The fourth-order valence-corrected chi connectivity index (χ4v) is 2.70. The highest BCUT2D eigenvalue weighted by atomic mass is 35.5. The molecule has 106 valence electrons. The molecule has 3 nitrogen and oxygen atoms in total. The number of morpholine rings is 1. The van der Waals surface area contributed by atoms with Crippen LogP contribution in [0.3, 0.4) is 0 Å². The van der Waals surface area contributed by atoms with Crippen LogP contribution in [0.1, 0.15) is 24.9 Å². The molecule has 0 amide bonds. The monoisotopic (exact) mass is 286 g/mol. The van der Waals surface area contributed by atoms with Crippen LogP contribution in [0.15, 0.2) is 18.2 Å². The van der Waals surface area contributed by atoms with Gasteiger partial charge in [-0.2, -0.15) is 0 Å². The fraction of sp³-hybridized carbons (Fsp3) is 0.571. The summed E-state index contributed by atoms with van der Waals surface area (Å²) in [6.07, 6.45) is 1.15. The molecule has 1 aliphatic heterocycles. The van der Waals surface area contributed by atoms with E-state index in [4.69, 9.17) is 22.1 Å². The summed E-state index contributed by atoms with van der Waals surface area (Å²) in [5.41, 5.74) is 6.42. The van der Waals surface area contributed by atoms with E-state index in [1.807, 2.05) is 0 Å². The van der Waals surface area contributed by atoms with Crippen LogP contribution in [-0.2, 0) is 4.74 Å². The van der Waals surface area contributed by atoms with Crippen molar-refractivity contribution in [3.05, 3.63) is 34.6 Å². The summed E-state index contributed by atoms with van der Waals surface area (Å²) >= 11 is 5.96. The summed E-state index contributed by atoms with van der Waals surface area (Å²) in [7, 11) is 0. The van der Waals surface area contributed by atoms with Gasteiger partial charge in [0.2, 0.25) is 0 Å². The van der Waals surface area contributed by atoms with Crippen molar-refractivity contribution in [1.82, 2.24) is 4.90 Å². The van der Waals surface area contributed by atoms with Crippen molar-refractivity contribution in [3.63, 3.8) is 0 Å². The number of nitrogens with zero attached hydrogens (tertiary/aromatic N) is 1. The van der Waals surface area contributed by atoms with E-state index in [0.29, 0.717) is 23.7 Å². The van der Waals surface area contributed by atoms with Crippen LogP contribution in [0.4, 0.5) is 4.39 Å². The van der Waals surface area contributed by atoms with Gasteiger partial charge < -0.3 is 10.5 Å². The quantitative estimate of drug-likeness (QED) is 0.925. The second kappa shape index (κ2) is 6.66. The van der Waals surface area contributed by atoms with Crippen molar-refractivity contribution >= 4 is 11.6 Å². The van der Waals surface area contributed by atoms with Crippen molar-refractivity contribution in [1.29, 1.82) is 0 Å². The minimum Gasteiger partial charge on any atom is -0.376 e. The molecule has 5 heteroatoms. The van der Waals surface area contributed by atoms with Gasteiger partial charge in [-0.3, -0.25) is 4.90 Å². The zero-order valence-electron chi connectivity index (χ0n) is 11.1. The number of rotatable bonds is 4. The number of benzene rings is 1. The zero-order chi connectivity index (χ0) is 13.8. The summed E-state index contributed by atoms with van der Waals surface area (Å²) in [6.45, 7) is 4.67. The third-order valence-corrected chi connectivity index (χ3v) is 3.84. The lowest BCUT2D eigenvalue weighted by atomic mass is 10.0. The van der Waals surface area contributed by atoms with Crippen LogP contribution in [0.2, 0.25) is 5.02 Å². The van der Waals surface area contributed by atoms with Gasteiger partial charge in [-0.25, -0.2) is 4.39 Å². The minimum absolute atomic E-state index is 0.142. The van der Waals surface area contributed by atoms with Gasteiger partial charge in [0.1, 0.15) is 5.82 Å². The molecule has 0 bridgehead atoms. The molecule has 2 rings (SSSR count). The van der Waals surface area contributed by atoms with Gasteiger partial charge in [-0.05, 0) is 24.6 Å². The Morgan fingerprint density at radius 3 is 3.05 bits per heavy atom. The van der Waals surface area contributed by atoms with Crippen LogP contribution in [-0.4, -0.2) is 37.2 Å². The van der Waals surface area contributed by atoms with Gasteiger partial charge in [0.15, 0.2) is 0 Å². The Morgan fingerprint density at radius 2 is 2.37 bits per heavy atom. The molecule has 1 aromatic rings. The van der Waals surface area contributed by atoms with Crippen molar-refractivity contribution in [2.45, 2.75) is 25.5 Å². The second-order valence-electron chi connectivity index (χ2n) is 4.81. The molecule has 0 saturated carbocycles. The van der Waals surface area contributed by atoms with Crippen molar-refractivity contribution in [3.8, 4) is 0 Å². The van der Waals surface area contributed by atoms with Gasteiger partial charge in [0.25, 0.3) is 0 Å². The molecule has 0 aliphatic carbocycles. The predicted molar refractivity (Wildman–Crippen MR) is 74.8 cm³/mol. The summed E-state index contributed by atoms with van der Waals surface area (Å²) in [5.74, 6) is -0.251. The third-order valence-electron chi connectivity index (χ3n) is 3.61. The largest absolute Gasteiger partial charge is 0.376 e. The second-order valence-corrected chi connectivity index (χ2v) is 5.25. The standard InChI is InChI=1S/C14H20ClFN2O/c1-2-11-9-18(5-6-19-11)14(8-17)12-7-10(15)3-4-13(12)16/h3-4,7,11,14H,2,5-6,8-9,17H2,1H3. The Labute approximate surface area is 118 Å². The number of nitrogens with two attached hydrogens (primary N) is 1. The molecule has 1 aromatic carbocycles. The maximum absolute atomic E-state index is 14.0. The van der Waals surface area contributed by atoms with E-state index in [1.54, 1.807) is 12.1 Å². The summed E-state index contributed by atoms with van der Waals surface area (Å²) in [6, 6.07) is 4.49. The lowest BCUT2D eigenvalue weighted by molar-refractivity contribution is -0.0441. The van der Waals surface area contributed by atoms with E-state index in [1.165, 1.54) is 6.07 Å². The molecule has 1 heterocycles. The first kappa shape index (κ1) is 14.7. The molecule has 0 spiro atoms. The fourth-order valence-electron chi connectivity index (χ4n) is 2.51. The molecule has 2 unspecified atom stereocenters. The number of hydrogen-bond donors (Lipinski definition) is 1. The first-order chi connectivity index (χ1) is 9.15. The first-order valence-corrected chi connectivity index (χ1v) is 7.04. The van der Waals surface area contributed by atoms with Gasteiger partial charge in [-0.1, -0.05) is 18.5 Å². The highest BCUT2D eigenvalue weighted by molar-refractivity contribution is 6.30. The maximum atomic E-state index is 14.0. The van der Waals surface area contributed by atoms with E-state index < -0.39 is 0 Å². The van der Waals surface area contributed by atoms with Crippen LogP contribution >= 0.6 is 11.6 Å². The van der Waals surface area contributed by atoms with E-state index in [-0.39, 0.29) is 18.0 Å². The Kier molecular flexibility index (Phi) is 5.16. The highest BCUT2D eigenvalue weighted by Crippen LogP contribution is 2.27. The molecule has 2 N–H and O–H groups in total. The third kappa shape index (κ3) is 3.45. The lowest BCUT2D eigenvalue weighted by Gasteiger charge is -2.38. The average molecular weight is 287 g/mol. The molecule has 2 atom stereocenters. The summed E-state index contributed by atoms with van der Waals surface area (Å²) < 4.78 is 19.6. The Bertz CT molecular complexity index is 430. The average Bonchev–Trinajstić information content (AvgIpc) is 2.44. The first-order valence-electron chi connectivity index (χ1n) is 6.66. The van der Waals surface area contributed by atoms with Gasteiger partial charge in [0.05, 0.1) is 18.8 Å². The van der Waals surface area contributed by atoms with Crippen LogP contribution in [0.5, 0.6) is 0 Å². The molecule has 1 aliphatic rings. The highest BCUT2D eigenvalue weighted by Gasteiger charge is 2.27. The smallest absolute Gasteiger partial charge is 0.128 e. The number of hydrogen-bond acceptors (Lipinski definition) is 3. The van der Waals surface area contributed by atoms with Gasteiger partial charge in [-0.15, -0.1) is 0 Å². The minimum atomic E-state index is -0.251. The van der Waals surface area contributed by atoms with Crippen LogP contribution in [0.25, 0.3) is 0 Å². The zero-order valence-corrected chi connectivity index (χ0v) is 11.9. The normalized spacial score (nSPS) is 22.4. The summed E-state index contributed by atoms with van der Waals surface area (Å²) in [4.78, 5) is 2.19. The van der Waals surface area contributed by atoms with Gasteiger partial charge >= 0.3 is 0 Å². The molecule has 0 radical (unpaired) electrons. The molecular weight excluding hydrogens is 267 g/mol. The topological polar surface area (TPSA) is 38.5 Å². The van der Waals surface area contributed by atoms with Crippen molar-refractivity contribution < 1.29 is 9.13 Å². The SMILES string of the molecule is CCC1CN(C(CN)c2cc(Cl)ccc2F)CCO1. The van der Waals surface area contributed by atoms with Crippen molar-refractivity contribution in [2.75, 3.05) is 26.2 Å². The Balaban J connectivity index is 2.21. The van der Waals surface area contributed by atoms with Crippen LogP contribution < -0.4 is 5.73 Å². The lowest BCUT2D eigenvalue weighted by Crippen LogP contribution is -2.46. The molecular formula is C14H20ClFN2O. The molecule has 19 heavy (non-hydrogen) atoms. The Hall–Kier alpha value is -0.680. The van der Waals surface area contributed by atoms with Crippen molar-refractivity contribution in [2.24, 2.45) is 5.73 Å². The number of ether oxygens (including phenoxy) is 1. The molecule has 1 fully saturated rings. The van der Waals surface area contributed by atoms with E-state index in [2.05, 4.69) is 11.8 Å². The maximum Gasteiger partial charge on any atom is 0.128 e.